The summed E-state index contributed by atoms with van der Waals surface area (Å²) in [6, 6.07) is 19.1. The van der Waals surface area contributed by atoms with E-state index < -0.39 is 5.97 Å². The number of fused-ring (bicyclic) bond motifs is 1. The minimum Gasteiger partial charge on any atom is -0.489 e. The van der Waals surface area contributed by atoms with Crippen LogP contribution in [0, 0.1) is 17.6 Å². The van der Waals surface area contributed by atoms with Crippen LogP contribution < -0.4 is 10.1 Å². The van der Waals surface area contributed by atoms with Crippen LogP contribution in [0.1, 0.15) is 70.0 Å². The van der Waals surface area contributed by atoms with Gasteiger partial charge in [0, 0.05) is 5.56 Å². The number of ether oxygens (including phenoxy) is 2. The van der Waals surface area contributed by atoms with Crippen molar-refractivity contribution in [3.63, 3.8) is 0 Å². The third kappa shape index (κ3) is 6.17. The van der Waals surface area contributed by atoms with E-state index in [1.165, 1.54) is 24.3 Å². The molecule has 1 amide bonds. The molecule has 0 spiro atoms. The summed E-state index contributed by atoms with van der Waals surface area (Å²) in [6.07, 6.45) is 0.903. The van der Waals surface area contributed by atoms with Crippen molar-refractivity contribution >= 4 is 11.9 Å². The number of aromatic nitrogens is 1. The maximum Gasteiger partial charge on any atom is 0.340 e. The molecule has 1 aromatic heterocycles. The zero-order valence-electron chi connectivity index (χ0n) is 23.7. The monoisotopic (exact) mass is 570 g/mol. The smallest absolute Gasteiger partial charge is 0.340 e. The van der Waals surface area contributed by atoms with Crippen LogP contribution in [0.2, 0.25) is 0 Å². The Morgan fingerprint density at radius 3 is 2.10 bits per heavy atom. The zero-order valence-corrected chi connectivity index (χ0v) is 23.7. The van der Waals surface area contributed by atoms with Crippen LogP contribution in [-0.4, -0.2) is 23.5 Å². The Hall–Kier alpha value is -4.59. The number of benzene rings is 3. The van der Waals surface area contributed by atoms with Gasteiger partial charge in [0.05, 0.1) is 35.2 Å². The van der Waals surface area contributed by atoms with Gasteiger partial charge in [-0.2, -0.15) is 0 Å². The molecular formula is C34H32F2N2O4. The minimum atomic E-state index is -0.561. The molecule has 0 saturated heterocycles. The van der Waals surface area contributed by atoms with Gasteiger partial charge in [-0.1, -0.05) is 50.2 Å². The van der Waals surface area contributed by atoms with E-state index in [1.807, 2.05) is 13.8 Å². The summed E-state index contributed by atoms with van der Waals surface area (Å²) in [6.45, 7) is 6.15. The molecule has 0 saturated carbocycles. The standard InChI is InChI=1S/C34H32F2N2O4/c1-4-41-34(40)29-27(18-9-21-5-12-24(35)13-6-21)37-32-30(33(39)38-31(32)20(2)3)28(29)23-10-16-26(17-11-23)42-19-22-7-14-25(36)15-8-22/h5-8,10-17,20,31H,4,9,18-19H2,1-3H3,(H,38,39). The van der Waals surface area contributed by atoms with Crippen LogP contribution in [0.25, 0.3) is 11.1 Å². The lowest BCUT2D eigenvalue weighted by atomic mass is 9.89. The highest BCUT2D eigenvalue weighted by atomic mass is 19.1. The molecule has 1 aliphatic rings. The Bertz CT molecular complexity index is 1580. The van der Waals surface area contributed by atoms with Crippen molar-refractivity contribution in [1.29, 1.82) is 0 Å². The molecule has 1 atom stereocenters. The highest BCUT2D eigenvalue weighted by molar-refractivity contribution is 6.10. The Kier molecular flexibility index (Phi) is 8.61. The molecule has 42 heavy (non-hydrogen) atoms. The van der Waals surface area contributed by atoms with Crippen LogP contribution in [0.15, 0.2) is 72.8 Å². The normalized spacial score (nSPS) is 14.0. The van der Waals surface area contributed by atoms with Gasteiger partial charge in [-0.3, -0.25) is 9.78 Å². The summed E-state index contributed by atoms with van der Waals surface area (Å²) in [7, 11) is 0. The number of carbonyl (C=O) groups is 2. The molecule has 4 aromatic rings. The molecule has 0 bridgehead atoms. The third-order valence-electron chi connectivity index (χ3n) is 7.28. The fourth-order valence-corrected chi connectivity index (χ4v) is 5.15. The Labute approximate surface area is 243 Å². The topological polar surface area (TPSA) is 77.5 Å². The Balaban J connectivity index is 1.57. The SMILES string of the molecule is CCOC(=O)c1c(CCc2ccc(F)cc2)nc2c(c1-c1ccc(OCc3ccc(F)cc3)cc1)C(=O)NC2C(C)C. The van der Waals surface area contributed by atoms with Gasteiger partial charge < -0.3 is 14.8 Å². The summed E-state index contributed by atoms with van der Waals surface area (Å²) in [5.74, 6) is -0.846. The maximum absolute atomic E-state index is 13.5. The number of halogens is 2. The first kappa shape index (κ1) is 28.9. The Morgan fingerprint density at radius 2 is 1.50 bits per heavy atom. The molecule has 0 fully saturated rings. The van der Waals surface area contributed by atoms with Crippen molar-refractivity contribution in [1.82, 2.24) is 10.3 Å². The van der Waals surface area contributed by atoms with Gasteiger partial charge in [0.2, 0.25) is 0 Å². The number of hydrogen-bond acceptors (Lipinski definition) is 5. The number of rotatable bonds is 10. The highest BCUT2D eigenvalue weighted by Gasteiger charge is 2.38. The molecule has 216 valence electrons. The highest BCUT2D eigenvalue weighted by Crippen LogP contribution is 2.40. The van der Waals surface area contributed by atoms with Gasteiger partial charge in [0.15, 0.2) is 0 Å². The second kappa shape index (κ2) is 12.5. The van der Waals surface area contributed by atoms with Gasteiger partial charge in [-0.15, -0.1) is 0 Å². The second-order valence-corrected chi connectivity index (χ2v) is 10.6. The maximum atomic E-state index is 13.5. The Morgan fingerprint density at radius 1 is 0.881 bits per heavy atom. The van der Waals surface area contributed by atoms with Crippen molar-refractivity contribution in [2.24, 2.45) is 5.92 Å². The van der Waals surface area contributed by atoms with Crippen LogP contribution >= 0.6 is 0 Å². The van der Waals surface area contributed by atoms with Crippen LogP contribution in [0.3, 0.4) is 0 Å². The predicted molar refractivity (Wildman–Crippen MR) is 155 cm³/mol. The van der Waals surface area contributed by atoms with E-state index in [4.69, 9.17) is 14.5 Å². The van der Waals surface area contributed by atoms with Crippen molar-refractivity contribution in [3.8, 4) is 16.9 Å². The first-order valence-corrected chi connectivity index (χ1v) is 14.0. The van der Waals surface area contributed by atoms with Crippen molar-refractivity contribution in [3.05, 3.63) is 118 Å². The lowest BCUT2D eigenvalue weighted by Gasteiger charge is -2.20. The molecule has 0 aliphatic carbocycles. The molecular weight excluding hydrogens is 538 g/mol. The molecule has 2 heterocycles. The number of esters is 1. The van der Waals surface area contributed by atoms with Crippen molar-refractivity contribution < 1.29 is 27.8 Å². The fourth-order valence-electron chi connectivity index (χ4n) is 5.15. The van der Waals surface area contributed by atoms with Crippen LogP contribution in [0.5, 0.6) is 5.75 Å². The van der Waals surface area contributed by atoms with E-state index in [2.05, 4.69) is 5.32 Å². The summed E-state index contributed by atoms with van der Waals surface area (Å²) < 4.78 is 38.1. The number of aryl methyl sites for hydroxylation is 2. The van der Waals surface area contributed by atoms with Crippen molar-refractivity contribution in [2.45, 2.75) is 46.3 Å². The summed E-state index contributed by atoms with van der Waals surface area (Å²) in [4.78, 5) is 31.8. The lowest BCUT2D eigenvalue weighted by molar-refractivity contribution is 0.0525. The summed E-state index contributed by atoms with van der Waals surface area (Å²) >= 11 is 0. The van der Waals surface area contributed by atoms with E-state index in [0.717, 1.165) is 11.1 Å². The summed E-state index contributed by atoms with van der Waals surface area (Å²) in [5, 5.41) is 3.04. The largest absolute Gasteiger partial charge is 0.489 e. The van der Waals surface area contributed by atoms with Gasteiger partial charge in [0.1, 0.15) is 24.0 Å². The third-order valence-corrected chi connectivity index (χ3v) is 7.28. The minimum absolute atomic E-state index is 0.0659. The van der Waals surface area contributed by atoms with E-state index in [0.29, 0.717) is 46.7 Å². The number of nitrogens with zero attached hydrogens (tertiary/aromatic N) is 1. The predicted octanol–water partition coefficient (Wildman–Crippen LogP) is 7.01. The molecule has 5 rings (SSSR count). The zero-order chi connectivity index (χ0) is 29.8. The number of carbonyl (C=O) groups excluding carboxylic acids is 2. The molecule has 6 nitrogen and oxygen atoms in total. The number of nitrogens with one attached hydrogen (secondary N) is 1. The van der Waals surface area contributed by atoms with Gasteiger partial charge in [-0.05, 0) is 78.8 Å². The first-order chi connectivity index (χ1) is 20.2. The molecule has 0 radical (unpaired) electrons. The average Bonchev–Trinajstić information content (AvgIpc) is 3.32. The van der Waals surface area contributed by atoms with Crippen molar-refractivity contribution in [2.75, 3.05) is 6.61 Å². The fraction of sp³-hybridized carbons (Fsp3) is 0.265. The lowest BCUT2D eigenvalue weighted by Crippen LogP contribution is -2.23. The second-order valence-electron chi connectivity index (χ2n) is 10.6. The average molecular weight is 571 g/mol. The quantitative estimate of drug-likeness (QED) is 0.208. The van der Waals surface area contributed by atoms with Crippen LogP contribution in [-0.2, 0) is 24.2 Å². The number of hydrogen-bond donors (Lipinski definition) is 1. The van der Waals surface area contributed by atoms with E-state index in [-0.39, 0.29) is 48.3 Å². The molecule has 1 unspecified atom stereocenters. The molecule has 3 aromatic carbocycles. The van der Waals surface area contributed by atoms with Gasteiger partial charge in [0.25, 0.3) is 5.91 Å². The molecule has 1 N–H and O–H groups in total. The molecule has 1 aliphatic heterocycles. The summed E-state index contributed by atoms with van der Waals surface area (Å²) in [5.41, 5.74) is 4.56. The van der Waals surface area contributed by atoms with Crippen LogP contribution in [0.4, 0.5) is 8.78 Å². The van der Waals surface area contributed by atoms with Gasteiger partial charge in [-0.25, -0.2) is 13.6 Å². The van der Waals surface area contributed by atoms with E-state index >= 15 is 0 Å². The van der Waals surface area contributed by atoms with E-state index in [9.17, 15) is 18.4 Å². The number of pyridine rings is 1. The first-order valence-electron chi connectivity index (χ1n) is 14.0. The number of amides is 1. The van der Waals surface area contributed by atoms with Gasteiger partial charge >= 0.3 is 5.97 Å². The van der Waals surface area contributed by atoms with E-state index in [1.54, 1.807) is 55.5 Å². The molecule has 8 heteroatoms.